The number of unbranched alkanes of at least 4 members (excludes halogenated alkanes) is 2. The summed E-state index contributed by atoms with van der Waals surface area (Å²) in [4.78, 5) is 201. The molecule has 0 aliphatic rings. The van der Waals surface area contributed by atoms with Crippen LogP contribution in [0.2, 0.25) is 0 Å². The quantitative estimate of drug-likeness (QED) is 0.00835. The average Bonchev–Trinajstić information content (AvgIpc) is 0.848. The van der Waals surface area contributed by atoms with Crippen molar-refractivity contribution in [2.45, 2.75) is 214 Å². The third kappa shape index (κ3) is 125. The van der Waals surface area contributed by atoms with Crippen LogP contribution >= 0.6 is 0 Å². The molecule has 0 bridgehead atoms. The predicted molar refractivity (Wildman–Crippen MR) is 535 cm³/mol. The van der Waals surface area contributed by atoms with E-state index in [4.69, 9.17) is 42.6 Å². The van der Waals surface area contributed by atoms with Crippen LogP contribution in [-0.2, 0) is 134 Å². The van der Waals surface area contributed by atoms with Crippen LogP contribution < -0.4 is 46.1 Å². The van der Waals surface area contributed by atoms with Gasteiger partial charge in [0.15, 0.2) is 17.3 Å². The molecule has 3 aromatic rings. The number of carbonyl (C=O) groups is 19. The highest BCUT2D eigenvalue weighted by atomic mass is 16.6. The summed E-state index contributed by atoms with van der Waals surface area (Å²) >= 11 is 0. The second kappa shape index (κ2) is 96.9. The Kier molecular flexibility index (Phi) is 99.9. The Bertz CT molecular complexity index is 3980. The van der Waals surface area contributed by atoms with Crippen molar-refractivity contribution in [3.63, 3.8) is 0 Å². The normalized spacial score (nSPS) is 9.58. The fourth-order valence-electron chi connectivity index (χ4n) is 7.87. The van der Waals surface area contributed by atoms with E-state index in [-0.39, 0.29) is 182 Å². The number of carbonyl (C=O) groups excluding carboxylic acids is 19. The van der Waals surface area contributed by atoms with Crippen molar-refractivity contribution in [2.24, 2.45) is 0 Å². The van der Waals surface area contributed by atoms with Gasteiger partial charge in [0, 0.05) is 185 Å². The van der Waals surface area contributed by atoms with Crippen LogP contribution in [0.1, 0.15) is 236 Å². The van der Waals surface area contributed by atoms with E-state index in [2.05, 4.69) is 87.0 Å². The molecule has 43 heteroatoms. The fourth-order valence-corrected chi connectivity index (χ4v) is 7.87. The van der Waals surface area contributed by atoms with Crippen LogP contribution in [0.25, 0.3) is 0 Å². The van der Waals surface area contributed by atoms with Crippen molar-refractivity contribution < 1.29 is 186 Å². The Balaban J connectivity index is -0.000000102. The summed E-state index contributed by atoms with van der Waals surface area (Å²) in [6, 6.07) is 19.7. The first-order valence-corrected chi connectivity index (χ1v) is 44.6. The third-order valence-electron chi connectivity index (χ3n) is 14.5. The monoisotopic (exact) mass is 2020 g/mol. The lowest BCUT2D eigenvalue weighted by molar-refractivity contribution is -0.149. The van der Waals surface area contributed by atoms with E-state index in [1.54, 1.807) is 107 Å². The number of rotatable bonds is 49. The van der Waals surface area contributed by atoms with Crippen LogP contribution in [0.15, 0.2) is 111 Å². The highest BCUT2D eigenvalue weighted by Gasteiger charge is 2.25. The molecule has 0 spiro atoms. The van der Waals surface area contributed by atoms with Crippen molar-refractivity contribution in [2.75, 3.05) is 153 Å². The number of hydrogen-bond donors (Lipinski definition) is 9. The second-order valence-corrected chi connectivity index (χ2v) is 29.6. The molecule has 0 aliphatic carbocycles. The van der Waals surface area contributed by atoms with Crippen LogP contribution in [0, 0.1) is 0 Å². The molecular weight excluding hydrogens is 1850 g/mol. The molecule has 3 aromatic carbocycles. The molecule has 141 heavy (non-hydrogen) atoms. The molecule has 0 aliphatic heterocycles. The zero-order chi connectivity index (χ0) is 110. The van der Waals surface area contributed by atoms with E-state index in [0.717, 1.165) is 50.6 Å². The van der Waals surface area contributed by atoms with Crippen molar-refractivity contribution in [1.29, 1.82) is 0 Å². The molecule has 5 amide bonds. The minimum atomic E-state index is -1.39. The van der Waals surface area contributed by atoms with Gasteiger partial charge in [-0.15, -0.1) is 0 Å². The number of esters is 11. The van der Waals surface area contributed by atoms with Crippen LogP contribution in [0.4, 0.5) is 0 Å². The number of hydrogen-bond acceptors (Lipinski definition) is 38. The lowest BCUT2D eigenvalue weighted by Gasteiger charge is -2.15. The lowest BCUT2D eigenvalue weighted by atomic mass is 9.97. The van der Waals surface area contributed by atoms with Gasteiger partial charge >= 0.3 is 65.7 Å². The fraction of sp³-hybridized carbons (Fsp3) is 0.561. The number of ether oxygens (including phenoxy) is 15. The molecule has 0 aromatic heterocycles. The van der Waals surface area contributed by atoms with Gasteiger partial charge in [-0.05, 0) is 161 Å². The zero-order valence-electron chi connectivity index (χ0n) is 86.8. The first kappa shape index (κ1) is 145. The molecule has 0 saturated heterocycles. The Morgan fingerprint density at radius 1 is 0.340 bits per heavy atom. The molecule has 0 heterocycles. The summed E-state index contributed by atoms with van der Waals surface area (Å²) in [7, 11) is 4.63. The van der Waals surface area contributed by atoms with Gasteiger partial charge in [-0.2, -0.15) is 0 Å². The summed E-state index contributed by atoms with van der Waals surface area (Å²) in [6.45, 7) is 49.2. The smallest absolute Gasteiger partial charge is 0.330 e. The largest absolute Gasteiger partial charge is 0.490 e. The van der Waals surface area contributed by atoms with Crippen LogP contribution in [-0.4, -0.2) is 298 Å². The summed E-state index contributed by atoms with van der Waals surface area (Å²) in [5, 5.41) is 44.6. The molecular formula is C98H170N6O37. The summed E-state index contributed by atoms with van der Waals surface area (Å²) < 4.78 is 71.4. The molecule has 814 valence electrons. The van der Waals surface area contributed by atoms with E-state index in [1.807, 2.05) is 20.9 Å². The van der Waals surface area contributed by atoms with Gasteiger partial charge in [-0.25, -0.2) is 14.4 Å². The number of nitrogens with one attached hydrogen (secondary N) is 6. The Morgan fingerprint density at radius 2 is 0.603 bits per heavy atom. The van der Waals surface area contributed by atoms with E-state index in [0.29, 0.717) is 106 Å². The number of Topliss-reactive ketones (excluding diaryl/α,β-unsaturated/α-hetero) is 3. The highest BCUT2D eigenvalue weighted by molar-refractivity contribution is 6.02. The summed E-state index contributed by atoms with van der Waals surface area (Å²) in [5.41, 5.74) is -1.95. The van der Waals surface area contributed by atoms with E-state index >= 15 is 0 Å². The average molecular weight is 2020 g/mol. The molecule has 0 fully saturated rings. The standard InChI is InChI=1S/C16H22O5.C15H20O5.C14H18O5.C13H20O6.C7H10O4.C7H12O3.2C6H12N2O2.C5H11NO.C3H9N.2C3H6O2.6H2/c1-4-15(18)21-10-9-20-13-7-5-12(6-8-13)14(17)11-16(2,3)19;1-11(16)19-8-9-20-13-6-4-12(5-7-13)14(17)10-15(2,3)18;1-10(15)18-8-9-19-12-6-4-11(5-7-12)13(16)14(2,3)17;1-3-12(15)18-9-10-19-13(16)7-5-4-6-8-17-11(2)14;1-3-7(9)11-5-4-10-6(2)8;1-3-7(8)10-6-5-9-4-2;2*1-5(9)7-3-4-8-6(2)10;1-3-4-6-5(2)7;1-3-4-2;2*1-3(4)5-2;;;;;;/h5-8,19H,4,9-11H2,1-3H3;4-7,18H,8-10H2,1-3H3;4-7,17H,8-9H2,1-3H3;3H,1,4-10H2,2H3;3H,1,4-5H2,2H3;3H,1,4-6H2,2H3;2*3-4H2,1-2H3,(H,7,9)(H,8,10);3-4H2,1-2H3,(H,6,7);4H,3H2,1-2H3;2*1-2H3;6*1H. The van der Waals surface area contributed by atoms with Gasteiger partial charge in [0.1, 0.15) is 95.5 Å². The molecule has 0 atom stereocenters. The second-order valence-electron chi connectivity index (χ2n) is 29.6. The maximum absolute atomic E-state index is 11.9. The molecule has 3 rings (SSSR count). The summed E-state index contributed by atoms with van der Waals surface area (Å²) in [5.74, 6) is -3.01. The van der Waals surface area contributed by atoms with Crippen molar-refractivity contribution in [1.82, 2.24) is 31.9 Å². The van der Waals surface area contributed by atoms with Crippen molar-refractivity contribution in [3.05, 3.63) is 127 Å². The number of benzene rings is 3. The van der Waals surface area contributed by atoms with Gasteiger partial charge in [-0.1, -0.05) is 40.5 Å². The zero-order valence-corrected chi connectivity index (χ0v) is 86.8. The van der Waals surface area contributed by atoms with Gasteiger partial charge in [0.25, 0.3) is 0 Å². The summed E-state index contributed by atoms with van der Waals surface area (Å²) in [6.07, 6.45) is 7.21. The highest BCUT2D eigenvalue weighted by Crippen LogP contribution is 2.20. The van der Waals surface area contributed by atoms with Gasteiger partial charge in [0.05, 0.1) is 38.6 Å². The lowest BCUT2D eigenvalue weighted by Crippen LogP contribution is -2.32. The van der Waals surface area contributed by atoms with Crippen LogP contribution in [0.3, 0.4) is 0 Å². The van der Waals surface area contributed by atoms with Crippen molar-refractivity contribution >= 4 is 113 Å². The van der Waals surface area contributed by atoms with E-state index in [1.165, 1.54) is 104 Å². The minimum Gasteiger partial charge on any atom is -0.490 e. The number of methoxy groups -OCH3 is 2. The first-order chi connectivity index (χ1) is 65.9. The molecule has 9 N–H and O–H groups in total. The molecule has 43 nitrogen and oxygen atoms in total. The van der Waals surface area contributed by atoms with E-state index in [9.17, 15) is 106 Å². The number of ketones is 3. The Labute approximate surface area is 838 Å². The van der Waals surface area contributed by atoms with Gasteiger partial charge < -0.3 is 118 Å². The topological polar surface area (TPSA) is 596 Å². The predicted octanol–water partition coefficient (Wildman–Crippen LogP) is 9.44. The first-order valence-electron chi connectivity index (χ1n) is 44.6. The number of amides is 5. The Hall–Kier alpha value is -13.4. The molecule has 0 unspecified atom stereocenters. The third-order valence-corrected chi connectivity index (χ3v) is 14.5. The van der Waals surface area contributed by atoms with Gasteiger partial charge in [0.2, 0.25) is 29.5 Å². The molecule has 0 saturated carbocycles. The molecule has 0 radical (unpaired) electrons. The Morgan fingerprint density at radius 3 is 0.851 bits per heavy atom. The number of aliphatic hydroxyl groups is 3. The maximum atomic E-state index is 11.9. The van der Waals surface area contributed by atoms with Crippen molar-refractivity contribution in [3.8, 4) is 17.2 Å². The van der Waals surface area contributed by atoms with E-state index < -0.39 is 34.7 Å². The van der Waals surface area contributed by atoms with Gasteiger partial charge in [-0.3, -0.25) is 76.7 Å². The maximum Gasteiger partial charge on any atom is 0.330 e. The SMILES string of the molecule is C=CC(=O)OCCOC(=O)CCCCCOC(C)=O.C=CC(=O)OCCOC(C)=O.C=CC(=O)OCCOCC.CC(=O)NCCNC(C)=O.CC(=O)NCCNC(C)=O.CC(=O)OCCOc1ccc(C(=O)C(C)(C)O)cc1.CC(=O)OCCOc1ccc(C(=O)CC(C)(C)O)cc1.CCC(=O)OCCOc1ccc(C(=O)CC(C)(C)O)cc1.CCCNC(C)=O.CCNC.COC(C)=O.COC(C)=O.[HH].[HH].[HH].[HH].[HH].[HH]. The minimum absolute atomic E-state index is 0. The van der Waals surface area contributed by atoms with Crippen LogP contribution in [0.5, 0.6) is 17.2 Å².